The minimum atomic E-state index is 1.03. The molecule has 1 heterocycles. The molecule has 106 valence electrons. The Balaban J connectivity index is 2.04. The zero-order chi connectivity index (χ0) is 14.8. The summed E-state index contributed by atoms with van der Waals surface area (Å²) in [5, 5.41) is 4.52. The summed E-state index contributed by atoms with van der Waals surface area (Å²) in [4.78, 5) is 1.29. The van der Waals surface area contributed by atoms with Crippen LogP contribution >= 0.6 is 11.8 Å². The molecule has 0 N–H and O–H groups in total. The molecule has 0 amide bonds. The van der Waals surface area contributed by atoms with E-state index in [1.807, 2.05) is 23.9 Å². The zero-order valence-electron chi connectivity index (χ0n) is 12.5. The van der Waals surface area contributed by atoms with Gasteiger partial charge in [0, 0.05) is 11.1 Å². The Morgan fingerprint density at radius 3 is 2.24 bits per heavy atom. The van der Waals surface area contributed by atoms with Gasteiger partial charge in [-0.25, -0.2) is 4.68 Å². The summed E-state index contributed by atoms with van der Waals surface area (Å²) >= 11 is 1.76. The van der Waals surface area contributed by atoms with Crippen molar-refractivity contribution in [3.8, 4) is 16.8 Å². The van der Waals surface area contributed by atoms with Gasteiger partial charge in [0.2, 0.25) is 0 Å². The average molecular weight is 294 g/mol. The van der Waals surface area contributed by atoms with E-state index in [-0.39, 0.29) is 0 Å². The summed E-state index contributed by atoms with van der Waals surface area (Å²) in [5.74, 6) is 0. The normalized spacial score (nSPS) is 10.8. The number of aromatic nitrogens is 2. The van der Waals surface area contributed by atoms with Crippen LogP contribution in [-0.2, 0) is 0 Å². The highest BCUT2D eigenvalue weighted by Gasteiger charge is 2.06. The lowest BCUT2D eigenvalue weighted by Crippen LogP contribution is -1.98. The Bertz CT molecular complexity index is 757. The van der Waals surface area contributed by atoms with Gasteiger partial charge < -0.3 is 0 Å². The van der Waals surface area contributed by atoms with Crippen molar-refractivity contribution >= 4 is 11.8 Å². The molecule has 0 radical (unpaired) electrons. The van der Waals surface area contributed by atoms with E-state index in [1.54, 1.807) is 11.8 Å². The van der Waals surface area contributed by atoms with Crippen molar-refractivity contribution in [1.82, 2.24) is 9.78 Å². The summed E-state index contributed by atoms with van der Waals surface area (Å²) in [7, 11) is 0. The van der Waals surface area contributed by atoms with Gasteiger partial charge in [0.25, 0.3) is 0 Å². The molecule has 0 saturated carbocycles. The van der Waals surface area contributed by atoms with Crippen molar-refractivity contribution in [3.05, 3.63) is 66.0 Å². The van der Waals surface area contributed by atoms with E-state index in [0.717, 1.165) is 11.4 Å². The number of thioether (sulfide) groups is 1. The first kappa shape index (κ1) is 14.0. The van der Waals surface area contributed by atoms with Gasteiger partial charge in [0.1, 0.15) is 0 Å². The van der Waals surface area contributed by atoms with Gasteiger partial charge in [0.05, 0.1) is 11.4 Å². The fraction of sp³-hybridized carbons (Fsp3) is 0.167. The third-order valence-electron chi connectivity index (χ3n) is 3.60. The molecule has 0 aliphatic carbocycles. The Kier molecular flexibility index (Phi) is 3.84. The first-order chi connectivity index (χ1) is 10.2. The highest BCUT2D eigenvalue weighted by Crippen LogP contribution is 2.26. The third kappa shape index (κ3) is 2.88. The molecule has 2 aromatic carbocycles. The molecule has 0 spiro atoms. The van der Waals surface area contributed by atoms with Crippen LogP contribution in [0.25, 0.3) is 16.8 Å². The second-order valence-corrected chi connectivity index (χ2v) is 6.01. The van der Waals surface area contributed by atoms with E-state index in [4.69, 9.17) is 0 Å². The zero-order valence-corrected chi connectivity index (χ0v) is 13.3. The Morgan fingerprint density at radius 1 is 0.905 bits per heavy atom. The van der Waals surface area contributed by atoms with Gasteiger partial charge in [-0.1, -0.05) is 24.3 Å². The minimum absolute atomic E-state index is 1.03. The van der Waals surface area contributed by atoms with Crippen LogP contribution in [0.1, 0.15) is 11.3 Å². The maximum absolute atomic E-state index is 4.52. The highest BCUT2D eigenvalue weighted by molar-refractivity contribution is 7.98. The first-order valence-corrected chi connectivity index (χ1v) is 8.17. The molecule has 1 aromatic heterocycles. The number of aryl methyl sites for hydroxylation is 2. The molecule has 0 aliphatic heterocycles. The van der Waals surface area contributed by atoms with Gasteiger partial charge >= 0.3 is 0 Å². The fourth-order valence-electron chi connectivity index (χ4n) is 2.37. The first-order valence-electron chi connectivity index (χ1n) is 6.95. The monoisotopic (exact) mass is 294 g/mol. The van der Waals surface area contributed by atoms with E-state index in [0.29, 0.717) is 0 Å². The molecule has 2 nitrogen and oxygen atoms in total. The lowest BCUT2D eigenvalue weighted by molar-refractivity contribution is 0.856. The van der Waals surface area contributed by atoms with Crippen molar-refractivity contribution < 1.29 is 0 Å². The molecule has 0 bridgehead atoms. The molecule has 0 aliphatic rings. The molecule has 0 unspecified atom stereocenters. The van der Waals surface area contributed by atoms with Crippen molar-refractivity contribution in [2.24, 2.45) is 0 Å². The van der Waals surface area contributed by atoms with Gasteiger partial charge in [-0.3, -0.25) is 0 Å². The van der Waals surface area contributed by atoms with E-state index >= 15 is 0 Å². The minimum Gasteiger partial charge on any atom is -0.240 e. The van der Waals surface area contributed by atoms with Gasteiger partial charge in [-0.05, 0) is 61.1 Å². The van der Waals surface area contributed by atoms with E-state index in [9.17, 15) is 0 Å². The van der Waals surface area contributed by atoms with E-state index < -0.39 is 0 Å². The summed E-state index contributed by atoms with van der Waals surface area (Å²) in [6.07, 6.45) is 4.11. The second-order valence-electron chi connectivity index (χ2n) is 5.13. The summed E-state index contributed by atoms with van der Waals surface area (Å²) in [6.45, 7) is 4.13. The molecular formula is C18H18N2S. The van der Waals surface area contributed by atoms with Crippen molar-refractivity contribution in [1.29, 1.82) is 0 Å². The smallest absolute Gasteiger partial charge is 0.0680 e. The van der Waals surface area contributed by atoms with Crippen LogP contribution in [0.4, 0.5) is 0 Å². The fourth-order valence-corrected chi connectivity index (χ4v) is 2.78. The molecule has 3 rings (SSSR count). The molecule has 3 aromatic rings. The van der Waals surface area contributed by atoms with Crippen LogP contribution in [0, 0.1) is 13.8 Å². The molecule has 0 fully saturated rings. The van der Waals surface area contributed by atoms with Crippen LogP contribution in [0.5, 0.6) is 0 Å². The summed E-state index contributed by atoms with van der Waals surface area (Å²) in [5.41, 5.74) is 5.84. The lowest BCUT2D eigenvalue weighted by atomic mass is 10.0. The molecule has 0 atom stereocenters. The number of hydrogen-bond donors (Lipinski definition) is 0. The Hall–Kier alpha value is -2.00. The van der Waals surface area contributed by atoms with Crippen molar-refractivity contribution in [3.63, 3.8) is 0 Å². The maximum atomic E-state index is 4.52. The quantitative estimate of drug-likeness (QED) is 0.641. The van der Waals surface area contributed by atoms with Gasteiger partial charge in [-0.2, -0.15) is 5.10 Å². The standard InChI is InChI=1S/C18H18N2S/c1-13-4-5-16(15-6-8-17(21-3)9-7-15)12-18(13)20-11-10-14(2)19-20/h4-12H,1-3H3. The lowest BCUT2D eigenvalue weighted by Gasteiger charge is -2.10. The largest absolute Gasteiger partial charge is 0.240 e. The summed E-state index contributed by atoms with van der Waals surface area (Å²) < 4.78 is 1.95. The van der Waals surface area contributed by atoms with Crippen LogP contribution in [-0.4, -0.2) is 16.0 Å². The Morgan fingerprint density at radius 2 is 1.62 bits per heavy atom. The number of rotatable bonds is 3. The van der Waals surface area contributed by atoms with Crippen molar-refractivity contribution in [2.75, 3.05) is 6.26 Å². The molecule has 21 heavy (non-hydrogen) atoms. The predicted molar refractivity (Wildman–Crippen MR) is 90.3 cm³/mol. The van der Waals surface area contributed by atoms with Crippen molar-refractivity contribution in [2.45, 2.75) is 18.7 Å². The van der Waals surface area contributed by atoms with Crippen LogP contribution in [0.3, 0.4) is 0 Å². The highest BCUT2D eigenvalue weighted by atomic mass is 32.2. The maximum Gasteiger partial charge on any atom is 0.0680 e. The van der Waals surface area contributed by atoms with E-state index in [2.05, 4.69) is 60.7 Å². The molecular weight excluding hydrogens is 276 g/mol. The molecule has 3 heteroatoms. The number of hydrogen-bond acceptors (Lipinski definition) is 2. The van der Waals surface area contributed by atoms with Gasteiger partial charge in [0.15, 0.2) is 0 Å². The predicted octanol–water partition coefficient (Wildman–Crippen LogP) is 4.88. The van der Waals surface area contributed by atoms with E-state index in [1.165, 1.54) is 21.6 Å². The molecule has 0 saturated heterocycles. The number of nitrogens with zero attached hydrogens (tertiary/aromatic N) is 2. The Labute approximate surface area is 129 Å². The van der Waals surface area contributed by atoms with Crippen LogP contribution in [0.2, 0.25) is 0 Å². The SMILES string of the molecule is CSc1ccc(-c2ccc(C)c(-n3ccc(C)n3)c2)cc1. The topological polar surface area (TPSA) is 17.8 Å². The van der Waals surface area contributed by atoms with Crippen LogP contribution < -0.4 is 0 Å². The summed E-state index contributed by atoms with van der Waals surface area (Å²) in [6, 6.07) is 17.2. The average Bonchev–Trinajstić information content (AvgIpc) is 2.94. The number of benzene rings is 2. The second kappa shape index (κ2) is 5.78. The van der Waals surface area contributed by atoms with Gasteiger partial charge in [-0.15, -0.1) is 11.8 Å². The van der Waals surface area contributed by atoms with Crippen LogP contribution in [0.15, 0.2) is 59.6 Å². The third-order valence-corrected chi connectivity index (χ3v) is 4.35.